The Morgan fingerprint density at radius 1 is 1.00 bits per heavy atom. The van der Waals surface area contributed by atoms with Gasteiger partial charge >= 0.3 is 14.5 Å². The van der Waals surface area contributed by atoms with Gasteiger partial charge in [-0.15, -0.1) is 0 Å². The maximum absolute atomic E-state index is 11.6. The minimum absolute atomic E-state index is 0.0793. The zero-order valence-electron chi connectivity index (χ0n) is 22.5. The molecule has 1 aromatic rings. The van der Waals surface area contributed by atoms with Gasteiger partial charge in [0.1, 0.15) is 18.0 Å². The van der Waals surface area contributed by atoms with Crippen molar-refractivity contribution < 1.29 is 22.8 Å². The number of ether oxygens (including phenoxy) is 1. The maximum atomic E-state index is 11.6. The Hall–Kier alpha value is -1.52. The van der Waals surface area contributed by atoms with Crippen LogP contribution in [-0.4, -0.2) is 29.5 Å². The molecule has 0 bridgehead atoms. The highest BCUT2D eigenvalue weighted by Gasteiger charge is 2.53. The van der Waals surface area contributed by atoms with E-state index in [2.05, 4.69) is 85.8 Å². The van der Waals surface area contributed by atoms with Crippen molar-refractivity contribution in [3.05, 3.63) is 58.9 Å². The Kier molecular flexibility index (Phi) is 7.85. The lowest BCUT2D eigenvalue weighted by Gasteiger charge is -2.50. The van der Waals surface area contributed by atoms with Crippen LogP contribution in [0.3, 0.4) is 0 Å². The summed E-state index contributed by atoms with van der Waals surface area (Å²) < 4.78 is 25.9. The van der Waals surface area contributed by atoms with Crippen LogP contribution < -0.4 is 0 Å². The minimum Gasteiger partial charge on any atom is -0.423 e. The van der Waals surface area contributed by atoms with E-state index in [0.717, 1.165) is 5.57 Å². The number of hydrogen-bond donors (Lipinski definition) is 0. The zero-order valence-corrected chi connectivity index (χ0v) is 24.5. The third-order valence-corrected chi connectivity index (χ3v) is 16.5. The number of carbonyl (C=O) groups excluding carboxylic acids is 1. The van der Waals surface area contributed by atoms with E-state index in [0.29, 0.717) is 12.4 Å². The molecule has 2 atom stereocenters. The van der Waals surface area contributed by atoms with E-state index < -0.39 is 16.9 Å². The van der Waals surface area contributed by atoms with Crippen molar-refractivity contribution in [1.82, 2.24) is 0 Å². The van der Waals surface area contributed by atoms with Crippen LogP contribution in [0.5, 0.6) is 0 Å². The van der Waals surface area contributed by atoms with Gasteiger partial charge in [0.2, 0.25) is 0 Å². The molecule has 1 aliphatic carbocycles. The first-order valence-corrected chi connectivity index (χ1v) is 17.3. The Bertz CT molecular complexity index is 963. The first-order chi connectivity index (χ1) is 15.7. The second-order valence-corrected chi connectivity index (χ2v) is 20.7. The molecule has 0 N–H and O–H groups in total. The van der Waals surface area contributed by atoms with E-state index in [4.69, 9.17) is 18.0 Å². The Balaban J connectivity index is 1.88. The van der Waals surface area contributed by atoms with Gasteiger partial charge in [-0.25, -0.2) is 4.79 Å². The lowest BCUT2D eigenvalue weighted by molar-refractivity contribution is -0.132. The summed E-state index contributed by atoms with van der Waals surface area (Å²) in [6.07, 6.45) is 3.14. The smallest absolute Gasteiger partial charge is 0.344 e. The highest BCUT2D eigenvalue weighted by atomic mass is 28.4. The summed E-state index contributed by atoms with van der Waals surface area (Å²) in [6, 6.07) is 8.46. The van der Waals surface area contributed by atoms with Crippen LogP contribution >= 0.6 is 0 Å². The van der Waals surface area contributed by atoms with Crippen LogP contribution in [0.25, 0.3) is 0 Å². The lowest BCUT2D eigenvalue weighted by Crippen LogP contribution is -2.53. The fourth-order valence-corrected chi connectivity index (χ4v) is 9.27. The molecule has 0 radical (unpaired) electrons. The van der Waals surface area contributed by atoms with Gasteiger partial charge in [-0.2, -0.15) is 0 Å². The predicted octanol–water partition coefficient (Wildman–Crippen LogP) is 7.49. The maximum Gasteiger partial charge on any atom is 0.344 e. The lowest BCUT2D eigenvalue weighted by atomic mass is 9.83. The number of cyclic esters (lactones) is 1. The Labute approximate surface area is 207 Å². The predicted molar refractivity (Wildman–Crippen MR) is 141 cm³/mol. The van der Waals surface area contributed by atoms with E-state index >= 15 is 0 Å². The summed E-state index contributed by atoms with van der Waals surface area (Å²) >= 11 is 0. The van der Waals surface area contributed by atoms with E-state index in [9.17, 15) is 4.79 Å². The molecule has 0 saturated heterocycles. The molecule has 1 heterocycles. The number of carbonyl (C=O) groups is 1. The van der Waals surface area contributed by atoms with Crippen LogP contribution in [0.15, 0.2) is 47.7 Å². The molecule has 0 fully saturated rings. The summed E-state index contributed by atoms with van der Waals surface area (Å²) in [7, 11) is -4.70. The highest BCUT2D eigenvalue weighted by Crippen LogP contribution is 2.54. The third kappa shape index (κ3) is 5.19. The number of hydrogen-bond acceptors (Lipinski definition) is 5. The second-order valence-electron chi connectivity index (χ2n) is 11.6. The zero-order chi connectivity index (χ0) is 25.5. The molecule has 1 aliphatic heterocycles. The van der Waals surface area contributed by atoms with E-state index in [-0.39, 0.29) is 34.3 Å². The Morgan fingerprint density at radius 3 is 1.97 bits per heavy atom. The van der Waals surface area contributed by atoms with Crippen molar-refractivity contribution in [1.29, 1.82) is 0 Å². The normalized spacial score (nSPS) is 22.2. The van der Waals surface area contributed by atoms with E-state index in [1.807, 2.05) is 13.0 Å². The number of benzene rings is 1. The van der Waals surface area contributed by atoms with E-state index in [1.165, 1.54) is 17.2 Å². The SMILES string of the molecule is CC1=CC(=O)O/C1=C\CO[Si](O[C@@H]1c2ccccc2[C@H]1O[Si](C)(C)C(C)(C)C)(C(C)C)C(C)C. The van der Waals surface area contributed by atoms with Gasteiger partial charge in [-0.05, 0) is 58.9 Å². The molecule has 0 saturated carbocycles. The van der Waals surface area contributed by atoms with Crippen molar-refractivity contribution in [2.24, 2.45) is 0 Å². The first-order valence-electron chi connectivity index (χ1n) is 12.4. The standard InChI is InChI=1S/C27H42O5Si2/c1-18(2)34(19(3)4,29-16-15-23-20(5)17-24(28)30-23)32-26-22-14-12-11-13-21(22)25(26)31-33(9,10)27(6,7)8/h11-15,17-19,25-26H,16H2,1-10H3/b23-15-/t25-,26-/m1/s1. The number of fused-ring (bicyclic) bond motifs is 1. The monoisotopic (exact) mass is 502 g/mol. The molecule has 7 heteroatoms. The Morgan fingerprint density at radius 2 is 1.53 bits per heavy atom. The summed E-state index contributed by atoms with van der Waals surface area (Å²) in [4.78, 5) is 11.6. The molecule has 2 aliphatic rings. The third-order valence-electron chi connectivity index (χ3n) is 7.54. The summed E-state index contributed by atoms with van der Waals surface area (Å²) in [5, 5.41) is 0.111. The molecular weight excluding hydrogens is 460 g/mol. The molecule has 1 aromatic carbocycles. The van der Waals surface area contributed by atoms with Crippen molar-refractivity contribution in [2.75, 3.05) is 6.61 Å². The topological polar surface area (TPSA) is 54.0 Å². The number of esters is 1. The van der Waals surface area contributed by atoms with Crippen molar-refractivity contribution in [3.63, 3.8) is 0 Å². The van der Waals surface area contributed by atoms with Gasteiger partial charge in [0, 0.05) is 6.08 Å². The molecular formula is C27H42O5Si2. The van der Waals surface area contributed by atoms with Crippen LogP contribution in [-0.2, 0) is 22.8 Å². The summed E-state index contributed by atoms with van der Waals surface area (Å²) in [5.74, 6) is 0.251. The molecule has 188 valence electrons. The largest absolute Gasteiger partial charge is 0.423 e. The summed E-state index contributed by atoms with van der Waals surface area (Å²) in [5.41, 5.74) is 3.72. The van der Waals surface area contributed by atoms with Crippen LogP contribution in [0.2, 0.25) is 29.2 Å². The molecule has 3 rings (SSSR count). The molecule has 0 aromatic heterocycles. The van der Waals surface area contributed by atoms with Gasteiger partial charge in [-0.1, -0.05) is 72.7 Å². The fraction of sp³-hybridized carbons (Fsp3) is 0.593. The average Bonchev–Trinajstić information content (AvgIpc) is 3.04. The fourth-order valence-electron chi connectivity index (χ4n) is 4.42. The highest BCUT2D eigenvalue weighted by molar-refractivity contribution is 6.74. The van der Waals surface area contributed by atoms with Crippen LogP contribution in [0.1, 0.15) is 78.7 Å². The van der Waals surface area contributed by atoms with Crippen LogP contribution in [0, 0.1) is 0 Å². The van der Waals surface area contributed by atoms with Gasteiger partial charge in [-0.3, -0.25) is 0 Å². The van der Waals surface area contributed by atoms with Gasteiger partial charge < -0.3 is 18.0 Å². The van der Waals surface area contributed by atoms with Gasteiger partial charge in [0.25, 0.3) is 0 Å². The van der Waals surface area contributed by atoms with Crippen molar-refractivity contribution >= 4 is 22.8 Å². The second kappa shape index (κ2) is 9.86. The molecule has 0 spiro atoms. The molecule has 0 unspecified atom stereocenters. The van der Waals surface area contributed by atoms with Gasteiger partial charge in [0.15, 0.2) is 8.32 Å². The minimum atomic E-state index is -2.69. The average molecular weight is 503 g/mol. The molecule has 34 heavy (non-hydrogen) atoms. The summed E-state index contributed by atoms with van der Waals surface area (Å²) in [6.45, 7) is 22.4. The molecule has 0 amide bonds. The molecule has 5 nitrogen and oxygen atoms in total. The van der Waals surface area contributed by atoms with Gasteiger partial charge in [0.05, 0.1) is 6.61 Å². The van der Waals surface area contributed by atoms with Crippen molar-refractivity contribution in [3.8, 4) is 0 Å². The first kappa shape index (κ1) is 27.1. The van der Waals surface area contributed by atoms with Crippen molar-refractivity contribution in [2.45, 2.75) is 96.8 Å². The van der Waals surface area contributed by atoms with Crippen LogP contribution in [0.4, 0.5) is 0 Å². The number of allylic oxidation sites excluding steroid dienone is 1. The quantitative estimate of drug-likeness (QED) is 0.259. The van der Waals surface area contributed by atoms with E-state index in [1.54, 1.807) is 0 Å². The number of rotatable bonds is 9.